The summed E-state index contributed by atoms with van der Waals surface area (Å²) in [7, 11) is 0. The maximum atomic E-state index is 2.55. The average molecular weight is 549 g/mol. The molecular weight excluding hydrogens is 496 g/mol. The van der Waals surface area contributed by atoms with E-state index >= 15 is 0 Å². The number of aryl methyl sites for hydroxylation is 4. The van der Waals surface area contributed by atoms with Crippen molar-refractivity contribution in [3.05, 3.63) is 118 Å². The van der Waals surface area contributed by atoms with Gasteiger partial charge in [-0.1, -0.05) is 67.1 Å². The van der Waals surface area contributed by atoms with Gasteiger partial charge in [-0.25, -0.2) is 0 Å². The van der Waals surface area contributed by atoms with Crippen LogP contribution in [-0.4, -0.2) is 26.2 Å². The SMILES string of the molecule is CCN(CC)c1ccc(CCC2=CC(C)CC=C2)c(CCCN(CC)c2ccc(Cc3ccccc3C)c(C)c2)c1. The Balaban J connectivity index is 1.44. The summed E-state index contributed by atoms with van der Waals surface area (Å²) in [6.07, 6.45) is 13.9. The summed E-state index contributed by atoms with van der Waals surface area (Å²) in [5, 5.41) is 0. The molecule has 41 heavy (non-hydrogen) atoms. The van der Waals surface area contributed by atoms with Gasteiger partial charge in [-0.2, -0.15) is 0 Å². The highest BCUT2D eigenvalue weighted by Crippen LogP contribution is 2.27. The topological polar surface area (TPSA) is 6.48 Å². The number of nitrogens with zero attached hydrogens (tertiary/aromatic N) is 2. The van der Waals surface area contributed by atoms with E-state index in [1.807, 2.05) is 0 Å². The minimum Gasteiger partial charge on any atom is -0.372 e. The fourth-order valence-electron chi connectivity index (χ4n) is 6.26. The van der Waals surface area contributed by atoms with Crippen molar-refractivity contribution >= 4 is 11.4 Å². The van der Waals surface area contributed by atoms with E-state index in [4.69, 9.17) is 0 Å². The van der Waals surface area contributed by atoms with Gasteiger partial charge in [0.2, 0.25) is 0 Å². The molecule has 1 unspecified atom stereocenters. The summed E-state index contributed by atoms with van der Waals surface area (Å²) in [5.74, 6) is 0.666. The van der Waals surface area contributed by atoms with E-state index in [1.54, 1.807) is 0 Å². The fourth-order valence-corrected chi connectivity index (χ4v) is 6.26. The fraction of sp³-hybridized carbons (Fsp3) is 0.436. The highest BCUT2D eigenvalue weighted by atomic mass is 15.1. The van der Waals surface area contributed by atoms with E-state index in [2.05, 4.69) is 130 Å². The summed E-state index contributed by atoms with van der Waals surface area (Å²) in [6.45, 7) is 17.8. The molecule has 3 aromatic rings. The van der Waals surface area contributed by atoms with Crippen LogP contribution in [-0.2, 0) is 19.3 Å². The quantitative estimate of drug-likeness (QED) is 0.198. The van der Waals surface area contributed by atoms with Gasteiger partial charge >= 0.3 is 0 Å². The summed E-state index contributed by atoms with van der Waals surface area (Å²) < 4.78 is 0. The molecule has 0 heterocycles. The summed E-state index contributed by atoms with van der Waals surface area (Å²) in [4.78, 5) is 5.03. The third-order valence-corrected chi connectivity index (χ3v) is 8.93. The monoisotopic (exact) mass is 548 g/mol. The summed E-state index contributed by atoms with van der Waals surface area (Å²) in [6, 6.07) is 23.1. The van der Waals surface area contributed by atoms with Crippen molar-refractivity contribution in [3.63, 3.8) is 0 Å². The Morgan fingerprint density at radius 2 is 1.37 bits per heavy atom. The van der Waals surface area contributed by atoms with Gasteiger partial charge in [-0.3, -0.25) is 0 Å². The van der Waals surface area contributed by atoms with E-state index < -0.39 is 0 Å². The van der Waals surface area contributed by atoms with Gasteiger partial charge < -0.3 is 9.80 Å². The van der Waals surface area contributed by atoms with Crippen LogP contribution in [0.4, 0.5) is 11.4 Å². The second-order valence-electron chi connectivity index (χ2n) is 11.9. The predicted octanol–water partition coefficient (Wildman–Crippen LogP) is 9.65. The molecule has 2 nitrogen and oxygen atoms in total. The number of benzene rings is 3. The van der Waals surface area contributed by atoms with Crippen LogP contribution in [0.1, 0.15) is 80.3 Å². The van der Waals surface area contributed by atoms with Crippen LogP contribution in [0.2, 0.25) is 0 Å². The van der Waals surface area contributed by atoms with Crippen molar-refractivity contribution in [3.8, 4) is 0 Å². The second-order valence-corrected chi connectivity index (χ2v) is 11.9. The van der Waals surface area contributed by atoms with Gasteiger partial charge in [0, 0.05) is 37.6 Å². The molecule has 0 amide bonds. The molecule has 0 aromatic heterocycles. The largest absolute Gasteiger partial charge is 0.372 e. The minimum absolute atomic E-state index is 0.666. The highest BCUT2D eigenvalue weighted by molar-refractivity contribution is 5.53. The first kappa shape index (κ1) is 30.7. The summed E-state index contributed by atoms with van der Waals surface area (Å²) in [5.41, 5.74) is 12.9. The second kappa shape index (κ2) is 15.1. The molecule has 3 aromatic carbocycles. The van der Waals surface area contributed by atoms with Crippen LogP contribution in [0.5, 0.6) is 0 Å². The van der Waals surface area contributed by atoms with Crippen LogP contribution in [0.3, 0.4) is 0 Å². The lowest BCUT2D eigenvalue weighted by molar-refractivity contribution is 0.717. The maximum Gasteiger partial charge on any atom is 0.0368 e. The number of anilines is 2. The zero-order chi connectivity index (χ0) is 29.2. The molecule has 0 N–H and O–H groups in total. The van der Waals surface area contributed by atoms with Crippen molar-refractivity contribution in [2.75, 3.05) is 36.0 Å². The summed E-state index contributed by atoms with van der Waals surface area (Å²) >= 11 is 0. The molecule has 2 heteroatoms. The maximum absolute atomic E-state index is 2.55. The third-order valence-electron chi connectivity index (χ3n) is 8.93. The first-order valence-corrected chi connectivity index (χ1v) is 16.0. The molecule has 0 radical (unpaired) electrons. The van der Waals surface area contributed by atoms with Crippen molar-refractivity contribution < 1.29 is 0 Å². The Kier molecular flexibility index (Phi) is 11.3. The minimum atomic E-state index is 0.666. The Hall–Kier alpha value is -3.26. The lowest BCUT2D eigenvalue weighted by atomic mass is 9.92. The number of rotatable bonds is 14. The van der Waals surface area contributed by atoms with Crippen molar-refractivity contribution in [1.82, 2.24) is 0 Å². The lowest BCUT2D eigenvalue weighted by Gasteiger charge is -2.25. The number of hydrogen-bond donors (Lipinski definition) is 0. The molecule has 0 aliphatic heterocycles. The highest BCUT2D eigenvalue weighted by Gasteiger charge is 2.12. The smallest absolute Gasteiger partial charge is 0.0368 e. The normalized spacial score (nSPS) is 14.7. The zero-order valence-corrected chi connectivity index (χ0v) is 26.5. The third kappa shape index (κ3) is 8.38. The van der Waals surface area contributed by atoms with Gasteiger partial charge in [0.15, 0.2) is 0 Å². The predicted molar refractivity (Wildman–Crippen MR) is 181 cm³/mol. The van der Waals surface area contributed by atoms with Crippen molar-refractivity contribution in [2.24, 2.45) is 5.92 Å². The molecule has 1 atom stereocenters. The van der Waals surface area contributed by atoms with Crippen molar-refractivity contribution in [1.29, 1.82) is 0 Å². The van der Waals surface area contributed by atoms with E-state index in [-0.39, 0.29) is 0 Å². The molecule has 4 rings (SSSR count). The first-order valence-electron chi connectivity index (χ1n) is 16.0. The Bertz CT molecular complexity index is 1330. The molecule has 1 aliphatic carbocycles. The van der Waals surface area contributed by atoms with Crippen LogP contribution >= 0.6 is 0 Å². The van der Waals surface area contributed by atoms with E-state index in [0.29, 0.717) is 5.92 Å². The van der Waals surface area contributed by atoms with E-state index in [1.165, 1.54) is 56.7 Å². The average Bonchev–Trinajstić information content (AvgIpc) is 2.97. The number of hydrogen-bond acceptors (Lipinski definition) is 2. The van der Waals surface area contributed by atoms with Gasteiger partial charge in [-0.05, 0) is 137 Å². The van der Waals surface area contributed by atoms with E-state index in [0.717, 1.165) is 58.3 Å². The molecule has 1 aliphatic rings. The van der Waals surface area contributed by atoms with Gasteiger partial charge in [-0.15, -0.1) is 0 Å². The standard InChI is InChI=1S/C39H52N2/c1-7-40(8-2)39-23-21-34(20-19-33-16-12-14-30(4)26-33)37(29-39)18-13-25-41(9-3)38-24-22-36(32(6)27-38)28-35-17-11-10-15-31(35)5/h10-12,15-17,21-24,26-27,29-30H,7-9,13-14,18-20,25,28H2,1-6H3. The lowest BCUT2D eigenvalue weighted by Crippen LogP contribution is -2.24. The zero-order valence-electron chi connectivity index (χ0n) is 26.5. The molecule has 0 bridgehead atoms. The van der Waals surface area contributed by atoms with Crippen molar-refractivity contribution in [2.45, 2.75) is 80.1 Å². The van der Waals surface area contributed by atoms with Crippen LogP contribution in [0.25, 0.3) is 0 Å². The molecular formula is C39H52N2. The Labute approximate surface area is 250 Å². The van der Waals surface area contributed by atoms with Gasteiger partial charge in [0.05, 0.1) is 0 Å². The van der Waals surface area contributed by atoms with E-state index in [9.17, 15) is 0 Å². The van der Waals surface area contributed by atoms with Gasteiger partial charge in [0.1, 0.15) is 0 Å². The van der Waals surface area contributed by atoms with Crippen LogP contribution in [0.15, 0.2) is 84.5 Å². The number of allylic oxidation sites excluding steroid dienone is 4. The van der Waals surface area contributed by atoms with Gasteiger partial charge in [0.25, 0.3) is 0 Å². The molecule has 0 saturated carbocycles. The molecule has 0 saturated heterocycles. The molecule has 0 spiro atoms. The molecule has 0 fully saturated rings. The Morgan fingerprint density at radius 3 is 2.05 bits per heavy atom. The Morgan fingerprint density at radius 1 is 0.683 bits per heavy atom. The first-order chi connectivity index (χ1) is 19.9. The molecule has 218 valence electrons. The van der Waals surface area contributed by atoms with Crippen LogP contribution in [0, 0.1) is 19.8 Å². The van der Waals surface area contributed by atoms with Crippen LogP contribution < -0.4 is 9.80 Å².